The molecule has 0 amide bonds. The average molecular weight is 289 g/mol. The van der Waals surface area contributed by atoms with Gasteiger partial charge in [0, 0.05) is 34.4 Å². The van der Waals surface area contributed by atoms with E-state index in [9.17, 15) is 8.42 Å². The third-order valence-corrected chi connectivity index (χ3v) is 5.33. The summed E-state index contributed by atoms with van der Waals surface area (Å²) in [5, 5.41) is 1.59. The fraction of sp³-hybridized carbons (Fsp3) is 0.222. The summed E-state index contributed by atoms with van der Waals surface area (Å²) in [4.78, 5) is 5.88. The van der Waals surface area contributed by atoms with E-state index in [1.807, 2.05) is 0 Å². The third-order valence-electron chi connectivity index (χ3n) is 2.06. The molecule has 0 unspecified atom stereocenters. The van der Waals surface area contributed by atoms with Crippen molar-refractivity contribution < 1.29 is 8.42 Å². The van der Waals surface area contributed by atoms with E-state index in [1.165, 1.54) is 22.7 Å². The lowest BCUT2D eigenvalue weighted by molar-refractivity contribution is 0.582. The average Bonchev–Trinajstić information content (AvgIpc) is 2.98. The monoisotopic (exact) mass is 289 g/mol. The van der Waals surface area contributed by atoms with Gasteiger partial charge in [0.1, 0.15) is 0 Å². The van der Waals surface area contributed by atoms with Gasteiger partial charge in [-0.05, 0) is 6.07 Å². The first-order valence-corrected chi connectivity index (χ1v) is 8.00. The Bertz CT molecular complexity index is 574. The minimum Gasteiger partial charge on any atom is -0.326 e. The summed E-state index contributed by atoms with van der Waals surface area (Å²) < 4.78 is 26.3. The van der Waals surface area contributed by atoms with Crippen LogP contribution in [-0.4, -0.2) is 13.4 Å². The Kier molecular flexibility index (Phi) is 3.89. The van der Waals surface area contributed by atoms with E-state index in [4.69, 9.17) is 5.73 Å². The molecule has 0 aliphatic carbocycles. The second-order valence-electron chi connectivity index (χ2n) is 3.25. The summed E-state index contributed by atoms with van der Waals surface area (Å²) in [5.41, 5.74) is 7.11. The first kappa shape index (κ1) is 12.7. The predicted octanol–water partition coefficient (Wildman–Crippen LogP) is 1.14. The van der Waals surface area contributed by atoms with Crippen molar-refractivity contribution in [3.8, 4) is 0 Å². The molecule has 0 saturated heterocycles. The zero-order valence-electron chi connectivity index (χ0n) is 8.79. The molecule has 0 saturated carbocycles. The maximum Gasteiger partial charge on any atom is 0.241 e. The molecular formula is C9H11N3O2S3. The van der Waals surface area contributed by atoms with Crippen molar-refractivity contribution in [2.24, 2.45) is 5.73 Å². The van der Waals surface area contributed by atoms with Gasteiger partial charge in [0.2, 0.25) is 10.0 Å². The first-order valence-electron chi connectivity index (χ1n) is 4.76. The number of sulfonamides is 1. The molecule has 17 heavy (non-hydrogen) atoms. The molecule has 8 heteroatoms. The van der Waals surface area contributed by atoms with E-state index < -0.39 is 10.0 Å². The van der Waals surface area contributed by atoms with Crippen LogP contribution < -0.4 is 10.5 Å². The van der Waals surface area contributed by atoms with Crippen LogP contribution >= 0.6 is 22.7 Å². The summed E-state index contributed by atoms with van der Waals surface area (Å²) in [6.07, 6.45) is 1.64. The number of rotatable bonds is 5. The molecule has 0 spiro atoms. The molecule has 0 atom stereocenters. The van der Waals surface area contributed by atoms with Gasteiger partial charge in [-0.25, -0.2) is 13.1 Å². The minimum atomic E-state index is -3.44. The molecule has 0 aliphatic heterocycles. The van der Waals surface area contributed by atoms with E-state index in [2.05, 4.69) is 9.71 Å². The number of nitrogens with two attached hydrogens (primary N) is 1. The Balaban J connectivity index is 2.08. The second kappa shape index (κ2) is 5.23. The molecule has 2 aromatic rings. The van der Waals surface area contributed by atoms with Crippen LogP contribution in [0.25, 0.3) is 0 Å². The number of thiazole rings is 1. The Morgan fingerprint density at radius 1 is 1.35 bits per heavy atom. The highest BCUT2D eigenvalue weighted by atomic mass is 32.2. The molecule has 92 valence electrons. The first-order chi connectivity index (χ1) is 8.12. The topological polar surface area (TPSA) is 85.1 Å². The molecule has 2 aromatic heterocycles. The van der Waals surface area contributed by atoms with Crippen LogP contribution in [0, 0.1) is 0 Å². The number of hydrogen-bond acceptors (Lipinski definition) is 6. The van der Waals surface area contributed by atoms with Crippen molar-refractivity contribution >= 4 is 32.7 Å². The Labute approximate surface area is 107 Å². The zero-order chi connectivity index (χ0) is 12.3. The maximum absolute atomic E-state index is 11.9. The molecule has 0 bridgehead atoms. The van der Waals surface area contributed by atoms with Gasteiger partial charge < -0.3 is 5.73 Å². The van der Waals surface area contributed by atoms with E-state index in [0.717, 1.165) is 9.75 Å². The number of aromatic nitrogens is 1. The van der Waals surface area contributed by atoms with E-state index >= 15 is 0 Å². The molecule has 2 rings (SSSR count). The van der Waals surface area contributed by atoms with Gasteiger partial charge >= 0.3 is 0 Å². The fourth-order valence-corrected chi connectivity index (χ4v) is 3.98. The third kappa shape index (κ3) is 3.11. The van der Waals surface area contributed by atoms with Gasteiger partial charge in [-0.15, -0.1) is 22.7 Å². The summed E-state index contributed by atoms with van der Waals surface area (Å²) in [5.74, 6) is 0. The second-order valence-corrected chi connectivity index (χ2v) is 6.98. The van der Waals surface area contributed by atoms with Crippen molar-refractivity contribution in [3.05, 3.63) is 32.9 Å². The predicted molar refractivity (Wildman–Crippen MR) is 68.3 cm³/mol. The largest absolute Gasteiger partial charge is 0.326 e. The lowest BCUT2D eigenvalue weighted by Crippen LogP contribution is -2.22. The Hall–Kier alpha value is -0.800. The number of nitrogens with one attached hydrogen (secondary N) is 1. The van der Waals surface area contributed by atoms with Crippen molar-refractivity contribution in [1.82, 2.24) is 9.71 Å². The number of thiophene rings is 1. The summed E-state index contributed by atoms with van der Waals surface area (Å²) >= 11 is 2.76. The molecule has 0 aromatic carbocycles. The highest BCUT2D eigenvalue weighted by Crippen LogP contribution is 2.19. The molecule has 2 heterocycles. The number of hydrogen-bond donors (Lipinski definition) is 2. The quantitative estimate of drug-likeness (QED) is 0.864. The van der Waals surface area contributed by atoms with Crippen LogP contribution in [0.15, 0.2) is 28.0 Å². The smallest absolute Gasteiger partial charge is 0.241 e. The highest BCUT2D eigenvalue weighted by molar-refractivity contribution is 7.89. The van der Waals surface area contributed by atoms with Crippen molar-refractivity contribution in [2.45, 2.75) is 18.0 Å². The molecule has 3 N–H and O–H groups in total. The van der Waals surface area contributed by atoms with Crippen molar-refractivity contribution in [1.29, 1.82) is 0 Å². The Morgan fingerprint density at radius 2 is 2.18 bits per heavy atom. The van der Waals surface area contributed by atoms with Gasteiger partial charge in [0.15, 0.2) is 0 Å². The van der Waals surface area contributed by atoms with Crippen LogP contribution in [0.1, 0.15) is 9.75 Å². The van der Waals surface area contributed by atoms with Gasteiger partial charge in [-0.3, -0.25) is 4.98 Å². The van der Waals surface area contributed by atoms with Crippen molar-refractivity contribution in [2.75, 3.05) is 0 Å². The van der Waals surface area contributed by atoms with Gasteiger partial charge in [0.25, 0.3) is 0 Å². The zero-order valence-corrected chi connectivity index (χ0v) is 11.2. The van der Waals surface area contributed by atoms with Gasteiger partial charge in [0.05, 0.1) is 10.4 Å². The SMILES string of the molecule is NCc1cc(S(=O)(=O)NCc2cncs2)cs1. The summed E-state index contributed by atoms with van der Waals surface area (Å²) in [6, 6.07) is 1.60. The van der Waals surface area contributed by atoms with Crippen LogP contribution in [0.3, 0.4) is 0 Å². The Morgan fingerprint density at radius 3 is 2.76 bits per heavy atom. The normalized spacial score (nSPS) is 11.8. The van der Waals surface area contributed by atoms with Crippen LogP contribution in [0.2, 0.25) is 0 Å². The highest BCUT2D eigenvalue weighted by Gasteiger charge is 2.15. The molecular weight excluding hydrogens is 278 g/mol. The summed E-state index contributed by atoms with van der Waals surface area (Å²) in [6.45, 7) is 0.621. The van der Waals surface area contributed by atoms with E-state index in [1.54, 1.807) is 23.2 Å². The lowest BCUT2D eigenvalue weighted by Gasteiger charge is -2.02. The van der Waals surface area contributed by atoms with E-state index in [-0.39, 0.29) is 11.4 Å². The lowest BCUT2D eigenvalue weighted by atomic mass is 10.5. The van der Waals surface area contributed by atoms with Gasteiger partial charge in [-0.1, -0.05) is 0 Å². The summed E-state index contributed by atoms with van der Waals surface area (Å²) in [7, 11) is -3.44. The number of nitrogens with zero attached hydrogens (tertiary/aromatic N) is 1. The minimum absolute atomic E-state index is 0.265. The fourth-order valence-electron chi connectivity index (χ4n) is 1.19. The van der Waals surface area contributed by atoms with Gasteiger partial charge in [-0.2, -0.15) is 0 Å². The maximum atomic E-state index is 11.9. The standard InChI is InChI=1S/C9H11N3O2S3/c10-2-7-1-9(5-15-7)17(13,14)12-4-8-3-11-6-16-8/h1,3,5-6,12H,2,4,10H2. The molecule has 0 radical (unpaired) electrons. The molecule has 5 nitrogen and oxygen atoms in total. The van der Waals surface area contributed by atoms with Crippen LogP contribution in [0.4, 0.5) is 0 Å². The molecule has 0 fully saturated rings. The van der Waals surface area contributed by atoms with E-state index in [0.29, 0.717) is 6.54 Å². The van der Waals surface area contributed by atoms with Crippen LogP contribution in [0.5, 0.6) is 0 Å². The van der Waals surface area contributed by atoms with Crippen LogP contribution in [-0.2, 0) is 23.1 Å². The van der Waals surface area contributed by atoms with Crippen molar-refractivity contribution in [3.63, 3.8) is 0 Å². The molecule has 0 aliphatic rings.